The van der Waals surface area contributed by atoms with E-state index in [4.69, 9.17) is 34.8 Å². The van der Waals surface area contributed by atoms with Crippen LogP contribution < -0.4 is 10.6 Å². The Morgan fingerprint density at radius 1 is 0.969 bits per heavy atom. The van der Waals surface area contributed by atoms with E-state index in [1.54, 1.807) is 18.2 Å². The minimum atomic E-state index is -4.48. The van der Waals surface area contributed by atoms with Crippen molar-refractivity contribution < 1.29 is 22.8 Å². The number of halogens is 6. The van der Waals surface area contributed by atoms with Gasteiger partial charge in [0, 0.05) is 29.1 Å². The molecular formula is C22H22Cl3F3N2O2. The maximum absolute atomic E-state index is 12.7. The highest BCUT2D eigenvalue weighted by Gasteiger charge is 2.33. The van der Waals surface area contributed by atoms with Crippen LogP contribution in [0.2, 0.25) is 15.1 Å². The molecule has 2 aromatic rings. The third-order valence-electron chi connectivity index (χ3n) is 4.84. The number of carbonyl (C=O) groups is 2. The van der Waals surface area contributed by atoms with Crippen LogP contribution >= 0.6 is 34.8 Å². The fourth-order valence-electron chi connectivity index (χ4n) is 3.29. The van der Waals surface area contributed by atoms with Crippen molar-refractivity contribution in [3.8, 4) is 0 Å². The number of carbonyl (C=O) groups excluding carboxylic acids is 2. The fraction of sp³-hybridized carbons (Fsp3) is 0.364. The van der Waals surface area contributed by atoms with Crippen LogP contribution in [0.4, 0.5) is 13.2 Å². The monoisotopic (exact) mass is 508 g/mol. The van der Waals surface area contributed by atoms with Crippen LogP contribution in [0.5, 0.6) is 0 Å². The van der Waals surface area contributed by atoms with Crippen LogP contribution in [-0.4, -0.2) is 12.3 Å². The average molecular weight is 510 g/mol. The standard InChI is InChI=1S/C14H15ClF3NO.C8H7Cl2NO/c15-12-6-5-9(7-11(12)14(16,17)18)8-19-13(20)10-3-1-2-4-10;9-7-1-6(4-11-5-12)2-8(10)3-7/h5-7,10H,1-4,8H2,(H,19,20);1-3,5H,4H2,(H,11,12). The van der Waals surface area contributed by atoms with Crippen molar-refractivity contribution in [1.82, 2.24) is 10.6 Å². The van der Waals surface area contributed by atoms with Crippen LogP contribution in [0, 0.1) is 5.92 Å². The summed E-state index contributed by atoms with van der Waals surface area (Å²) in [6, 6.07) is 8.84. The summed E-state index contributed by atoms with van der Waals surface area (Å²) < 4.78 is 38.1. The summed E-state index contributed by atoms with van der Waals surface area (Å²) >= 11 is 17.0. The number of hydrogen-bond donors (Lipinski definition) is 2. The average Bonchev–Trinajstić information content (AvgIpc) is 3.25. The first-order valence-electron chi connectivity index (χ1n) is 9.85. The molecule has 3 rings (SSSR count). The first kappa shape index (κ1) is 26.3. The van der Waals surface area contributed by atoms with Crippen molar-refractivity contribution in [1.29, 1.82) is 0 Å². The number of rotatable bonds is 6. The van der Waals surface area contributed by atoms with Crippen molar-refractivity contribution in [3.63, 3.8) is 0 Å². The molecule has 1 aliphatic carbocycles. The van der Waals surface area contributed by atoms with Gasteiger partial charge in [0.2, 0.25) is 12.3 Å². The van der Waals surface area contributed by atoms with Gasteiger partial charge in [-0.25, -0.2) is 0 Å². The molecule has 2 amide bonds. The zero-order valence-electron chi connectivity index (χ0n) is 16.9. The molecule has 1 saturated carbocycles. The molecule has 0 unspecified atom stereocenters. The number of benzene rings is 2. The molecule has 1 fully saturated rings. The maximum atomic E-state index is 12.7. The first-order chi connectivity index (χ1) is 15.1. The predicted octanol–water partition coefficient (Wildman–Crippen LogP) is 6.40. The van der Waals surface area contributed by atoms with E-state index in [0.717, 1.165) is 37.3 Å². The molecule has 0 aromatic heterocycles. The second-order valence-electron chi connectivity index (χ2n) is 7.29. The van der Waals surface area contributed by atoms with Crippen LogP contribution in [0.15, 0.2) is 36.4 Å². The quantitative estimate of drug-likeness (QED) is 0.442. The van der Waals surface area contributed by atoms with Gasteiger partial charge < -0.3 is 10.6 Å². The maximum Gasteiger partial charge on any atom is 0.417 e. The molecule has 0 bridgehead atoms. The molecule has 0 spiro atoms. The number of nitrogens with one attached hydrogen (secondary N) is 2. The zero-order chi connectivity index (χ0) is 23.7. The second kappa shape index (κ2) is 12.3. The van der Waals surface area contributed by atoms with E-state index in [1.165, 1.54) is 12.1 Å². The van der Waals surface area contributed by atoms with Crippen LogP contribution in [0.1, 0.15) is 42.4 Å². The van der Waals surface area contributed by atoms with Crippen molar-refractivity contribution in [2.45, 2.75) is 44.9 Å². The van der Waals surface area contributed by atoms with Gasteiger partial charge in [-0.2, -0.15) is 13.2 Å². The molecule has 0 radical (unpaired) electrons. The Morgan fingerprint density at radius 3 is 2.16 bits per heavy atom. The molecule has 4 nitrogen and oxygen atoms in total. The van der Waals surface area contributed by atoms with Gasteiger partial charge in [0.1, 0.15) is 0 Å². The molecule has 0 atom stereocenters. The summed E-state index contributed by atoms with van der Waals surface area (Å²) in [4.78, 5) is 21.8. The Hall–Kier alpha value is -1.96. The van der Waals surface area contributed by atoms with Gasteiger partial charge in [-0.15, -0.1) is 0 Å². The lowest BCUT2D eigenvalue weighted by molar-refractivity contribution is -0.137. The number of amides is 2. The fourth-order valence-corrected chi connectivity index (χ4v) is 4.09. The smallest absolute Gasteiger partial charge is 0.355 e. The number of alkyl halides is 3. The highest BCUT2D eigenvalue weighted by molar-refractivity contribution is 6.34. The summed E-state index contributed by atoms with van der Waals surface area (Å²) in [6.07, 6.45) is -0.0492. The SMILES string of the molecule is O=C(NCc1ccc(Cl)c(C(F)(F)F)c1)C1CCCC1.O=CNCc1cc(Cl)cc(Cl)c1. The highest BCUT2D eigenvalue weighted by Crippen LogP contribution is 2.35. The van der Waals surface area contributed by atoms with Crippen molar-refractivity contribution in [2.75, 3.05) is 0 Å². The van der Waals surface area contributed by atoms with Crippen LogP contribution in [-0.2, 0) is 28.9 Å². The van der Waals surface area contributed by atoms with Gasteiger partial charge >= 0.3 is 6.18 Å². The van der Waals surface area contributed by atoms with Gasteiger partial charge in [-0.1, -0.05) is 53.7 Å². The Morgan fingerprint density at radius 2 is 1.59 bits per heavy atom. The molecule has 0 heterocycles. The molecule has 0 saturated heterocycles. The molecular weight excluding hydrogens is 488 g/mol. The summed E-state index contributed by atoms with van der Waals surface area (Å²) in [7, 11) is 0. The van der Waals surface area contributed by atoms with Gasteiger partial charge in [-0.05, 0) is 54.3 Å². The Kier molecular flexibility index (Phi) is 10.1. The highest BCUT2D eigenvalue weighted by atomic mass is 35.5. The lowest BCUT2D eigenvalue weighted by Crippen LogP contribution is -2.28. The van der Waals surface area contributed by atoms with E-state index < -0.39 is 11.7 Å². The summed E-state index contributed by atoms with van der Waals surface area (Å²) in [5.41, 5.74) is 0.416. The van der Waals surface area contributed by atoms with E-state index >= 15 is 0 Å². The predicted molar refractivity (Wildman–Crippen MR) is 120 cm³/mol. The third-order valence-corrected chi connectivity index (χ3v) is 5.61. The normalized spacial score (nSPS) is 13.8. The summed E-state index contributed by atoms with van der Waals surface area (Å²) in [5, 5.41) is 6.03. The third kappa shape index (κ3) is 8.52. The van der Waals surface area contributed by atoms with Crippen LogP contribution in [0.3, 0.4) is 0 Å². The Bertz CT molecular complexity index is 913. The second-order valence-corrected chi connectivity index (χ2v) is 8.57. The first-order valence-corrected chi connectivity index (χ1v) is 11.0. The Labute approximate surface area is 199 Å². The van der Waals surface area contributed by atoms with Crippen molar-refractivity contribution in [2.24, 2.45) is 5.92 Å². The summed E-state index contributed by atoms with van der Waals surface area (Å²) in [6.45, 7) is 0.541. The molecule has 174 valence electrons. The number of hydrogen-bond acceptors (Lipinski definition) is 2. The van der Waals surface area contributed by atoms with E-state index in [-0.39, 0.29) is 23.4 Å². The van der Waals surface area contributed by atoms with Crippen molar-refractivity contribution >= 4 is 47.1 Å². The zero-order valence-corrected chi connectivity index (χ0v) is 19.2. The molecule has 10 heteroatoms. The minimum absolute atomic E-state index is 0.00406. The van der Waals surface area contributed by atoms with Crippen molar-refractivity contribution in [3.05, 3.63) is 68.2 Å². The lowest BCUT2D eigenvalue weighted by Gasteiger charge is -2.13. The lowest BCUT2D eigenvalue weighted by atomic mass is 10.1. The molecule has 2 aromatic carbocycles. The topological polar surface area (TPSA) is 58.2 Å². The summed E-state index contributed by atoms with van der Waals surface area (Å²) in [5.74, 6) is -0.0737. The Balaban J connectivity index is 0.000000258. The molecule has 0 aliphatic heterocycles. The van der Waals surface area contributed by atoms with E-state index in [2.05, 4.69) is 10.6 Å². The van der Waals surface area contributed by atoms with E-state index in [9.17, 15) is 22.8 Å². The van der Waals surface area contributed by atoms with Gasteiger partial charge in [-0.3, -0.25) is 9.59 Å². The van der Waals surface area contributed by atoms with Crippen LogP contribution in [0.25, 0.3) is 0 Å². The van der Waals surface area contributed by atoms with Gasteiger partial charge in [0.15, 0.2) is 0 Å². The molecule has 2 N–H and O–H groups in total. The van der Waals surface area contributed by atoms with E-state index in [1.807, 2.05) is 0 Å². The minimum Gasteiger partial charge on any atom is -0.355 e. The largest absolute Gasteiger partial charge is 0.417 e. The molecule has 32 heavy (non-hydrogen) atoms. The van der Waals surface area contributed by atoms with Gasteiger partial charge in [0.05, 0.1) is 10.6 Å². The van der Waals surface area contributed by atoms with Gasteiger partial charge in [0.25, 0.3) is 0 Å². The molecule has 1 aliphatic rings. The van der Waals surface area contributed by atoms with E-state index in [0.29, 0.717) is 28.6 Å².